The van der Waals surface area contributed by atoms with Gasteiger partial charge in [-0.05, 0) is 0 Å². The van der Waals surface area contributed by atoms with E-state index < -0.39 is 4.92 Å². The molecule has 1 amide bonds. The second kappa shape index (κ2) is 6.58. The molecular formula is C13H13N7O3S. The van der Waals surface area contributed by atoms with E-state index in [1.165, 1.54) is 22.2 Å². The van der Waals surface area contributed by atoms with Gasteiger partial charge in [-0.15, -0.1) is 11.3 Å². The Bertz CT molecular complexity index is 882. The van der Waals surface area contributed by atoms with Crippen LogP contribution in [0.15, 0.2) is 30.2 Å². The van der Waals surface area contributed by atoms with Gasteiger partial charge < -0.3 is 5.32 Å². The number of carbonyl (C=O) groups excluding carboxylic acids is 1. The van der Waals surface area contributed by atoms with Crippen molar-refractivity contribution in [1.82, 2.24) is 24.5 Å². The highest BCUT2D eigenvalue weighted by Gasteiger charge is 2.12. The number of rotatable bonds is 6. The Morgan fingerprint density at radius 1 is 1.38 bits per heavy atom. The van der Waals surface area contributed by atoms with E-state index >= 15 is 0 Å². The molecule has 0 fully saturated rings. The molecule has 3 heterocycles. The van der Waals surface area contributed by atoms with E-state index in [0.29, 0.717) is 5.13 Å². The van der Waals surface area contributed by atoms with Gasteiger partial charge in [-0.25, -0.2) is 4.98 Å². The lowest BCUT2D eigenvalue weighted by atomic mass is 10.3. The topological polar surface area (TPSA) is 121 Å². The first-order valence-corrected chi connectivity index (χ1v) is 7.80. The Kier molecular flexibility index (Phi) is 4.33. The van der Waals surface area contributed by atoms with Crippen molar-refractivity contribution < 1.29 is 9.72 Å². The molecule has 1 N–H and O–H groups in total. The molecule has 24 heavy (non-hydrogen) atoms. The zero-order valence-corrected chi connectivity index (χ0v) is 13.4. The van der Waals surface area contributed by atoms with Crippen LogP contribution in [0, 0.1) is 10.1 Å². The zero-order chi connectivity index (χ0) is 17.1. The first-order valence-electron chi connectivity index (χ1n) is 6.92. The number of carbonyl (C=O) groups is 1. The van der Waals surface area contributed by atoms with Crippen molar-refractivity contribution in [2.24, 2.45) is 7.05 Å². The fraction of sp³-hybridized carbons (Fsp3) is 0.231. The minimum Gasteiger partial charge on any atom is -0.302 e. The summed E-state index contributed by atoms with van der Waals surface area (Å²) in [6.07, 6.45) is 6.12. The summed E-state index contributed by atoms with van der Waals surface area (Å²) >= 11 is 1.32. The third kappa shape index (κ3) is 3.63. The molecule has 0 spiro atoms. The summed E-state index contributed by atoms with van der Waals surface area (Å²) < 4.78 is 3.04. The normalized spacial score (nSPS) is 10.7. The number of aromatic nitrogens is 5. The maximum Gasteiger partial charge on any atom is 0.306 e. The van der Waals surface area contributed by atoms with E-state index in [1.54, 1.807) is 10.9 Å². The molecule has 0 unspecified atom stereocenters. The van der Waals surface area contributed by atoms with Gasteiger partial charge in [-0.2, -0.15) is 10.2 Å². The van der Waals surface area contributed by atoms with Crippen LogP contribution in [0.1, 0.15) is 6.42 Å². The molecule has 0 aliphatic heterocycles. The number of hydrogen-bond donors (Lipinski definition) is 1. The maximum absolute atomic E-state index is 11.9. The summed E-state index contributed by atoms with van der Waals surface area (Å²) in [6.45, 7) is 0.251. The number of aryl methyl sites for hydroxylation is 2. The molecule has 3 aromatic heterocycles. The molecule has 0 radical (unpaired) electrons. The molecular weight excluding hydrogens is 334 g/mol. The van der Waals surface area contributed by atoms with E-state index in [1.807, 2.05) is 18.6 Å². The van der Waals surface area contributed by atoms with Crippen molar-refractivity contribution in [3.8, 4) is 11.3 Å². The van der Waals surface area contributed by atoms with Crippen LogP contribution in [-0.2, 0) is 18.4 Å². The number of nitrogens with one attached hydrogen (secondary N) is 1. The molecule has 0 aromatic carbocycles. The van der Waals surface area contributed by atoms with Gasteiger partial charge in [0.25, 0.3) is 0 Å². The molecule has 0 saturated carbocycles. The first kappa shape index (κ1) is 15.8. The van der Waals surface area contributed by atoms with Crippen molar-refractivity contribution in [2.75, 3.05) is 5.32 Å². The Hall–Kier alpha value is -3.08. The van der Waals surface area contributed by atoms with Gasteiger partial charge in [0.1, 0.15) is 12.4 Å². The minimum atomic E-state index is -0.529. The lowest BCUT2D eigenvalue weighted by Crippen LogP contribution is -2.14. The van der Waals surface area contributed by atoms with E-state index in [-0.39, 0.29) is 24.6 Å². The lowest BCUT2D eigenvalue weighted by Gasteiger charge is -2.01. The number of nitro groups is 1. The first-order chi connectivity index (χ1) is 11.5. The SMILES string of the molecule is Cn1cc(-c2csc(NC(=O)CCn3cc([N+](=O)[O-])cn3)n2)cn1. The second-order valence-corrected chi connectivity index (χ2v) is 5.82. The van der Waals surface area contributed by atoms with Crippen LogP contribution in [0.5, 0.6) is 0 Å². The molecule has 10 nitrogen and oxygen atoms in total. The number of anilines is 1. The van der Waals surface area contributed by atoms with Gasteiger partial charge in [0.15, 0.2) is 5.13 Å². The Morgan fingerprint density at radius 3 is 2.88 bits per heavy atom. The van der Waals surface area contributed by atoms with Crippen LogP contribution in [0.2, 0.25) is 0 Å². The summed E-state index contributed by atoms with van der Waals surface area (Å²) in [5.74, 6) is -0.236. The zero-order valence-electron chi connectivity index (χ0n) is 12.6. The van der Waals surface area contributed by atoms with Crippen LogP contribution in [0.4, 0.5) is 10.8 Å². The second-order valence-electron chi connectivity index (χ2n) is 4.96. The molecule has 3 aromatic rings. The molecule has 0 atom stereocenters. The van der Waals surface area contributed by atoms with Crippen molar-refractivity contribution in [2.45, 2.75) is 13.0 Å². The highest BCUT2D eigenvalue weighted by atomic mass is 32.1. The third-order valence-electron chi connectivity index (χ3n) is 3.15. The average Bonchev–Trinajstić information content (AvgIpc) is 3.25. The van der Waals surface area contributed by atoms with Gasteiger partial charge in [-0.3, -0.25) is 24.3 Å². The molecule has 0 aliphatic rings. The highest BCUT2D eigenvalue weighted by Crippen LogP contribution is 2.24. The van der Waals surface area contributed by atoms with Gasteiger partial charge >= 0.3 is 5.69 Å². The van der Waals surface area contributed by atoms with Crippen LogP contribution in [-0.4, -0.2) is 35.4 Å². The minimum absolute atomic E-state index is 0.101. The summed E-state index contributed by atoms with van der Waals surface area (Å²) in [5, 5.41) is 23.5. The molecule has 0 saturated heterocycles. The van der Waals surface area contributed by atoms with E-state index in [4.69, 9.17) is 0 Å². The quantitative estimate of drug-likeness (QED) is 0.535. The fourth-order valence-corrected chi connectivity index (χ4v) is 2.72. The Labute approximate surface area is 139 Å². The van der Waals surface area contributed by atoms with Gasteiger partial charge in [-0.1, -0.05) is 0 Å². The highest BCUT2D eigenvalue weighted by molar-refractivity contribution is 7.14. The summed E-state index contributed by atoms with van der Waals surface area (Å²) in [5.41, 5.74) is 1.51. The lowest BCUT2D eigenvalue weighted by molar-refractivity contribution is -0.385. The van der Waals surface area contributed by atoms with Crippen molar-refractivity contribution in [1.29, 1.82) is 0 Å². The number of thiazole rings is 1. The predicted molar refractivity (Wildman–Crippen MR) is 86.4 cm³/mol. The van der Waals surface area contributed by atoms with Gasteiger partial charge in [0.05, 0.1) is 16.8 Å². The third-order valence-corrected chi connectivity index (χ3v) is 3.91. The largest absolute Gasteiger partial charge is 0.306 e. The van der Waals surface area contributed by atoms with Crippen molar-refractivity contribution in [3.63, 3.8) is 0 Å². The monoisotopic (exact) mass is 347 g/mol. The maximum atomic E-state index is 11.9. The van der Waals surface area contributed by atoms with Crippen LogP contribution < -0.4 is 5.32 Å². The molecule has 3 rings (SSSR count). The van der Waals surface area contributed by atoms with E-state index in [2.05, 4.69) is 20.5 Å². The summed E-state index contributed by atoms with van der Waals surface area (Å²) in [7, 11) is 1.82. The average molecular weight is 347 g/mol. The number of amides is 1. The Balaban J connectivity index is 1.55. The molecule has 11 heteroatoms. The van der Waals surface area contributed by atoms with Crippen LogP contribution in [0.3, 0.4) is 0 Å². The number of hydrogen-bond acceptors (Lipinski definition) is 7. The summed E-state index contributed by atoms with van der Waals surface area (Å²) in [4.78, 5) is 26.3. The molecule has 0 bridgehead atoms. The molecule has 124 valence electrons. The standard InChI is InChI=1S/C13H13N7O3S/c1-18-6-9(4-14-18)11-8-24-13(16-11)17-12(21)2-3-19-7-10(5-15-19)20(22)23/h4-8H,2-3H2,1H3,(H,16,17,21). The van der Waals surface area contributed by atoms with Crippen molar-refractivity contribution in [3.05, 3.63) is 40.3 Å². The predicted octanol–water partition coefficient (Wildman–Crippen LogP) is 1.68. The van der Waals surface area contributed by atoms with Crippen LogP contribution in [0.25, 0.3) is 11.3 Å². The van der Waals surface area contributed by atoms with Crippen molar-refractivity contribution >= 4 is 28.1 Å². The van der Waals surface area contributed by atoms with Gasteiger partial charge in [0.2, 0.25) is 5.91 Å². The number of nitrogens with zero attached hydrogens (tertiary/aromatic N) is 6. The van der Waals surface area contributed by atoms with Gasteiger partial charge in [0, 0.05) is 37.2 Å². The summed E-state index contributed by atoms with van der Waals surface area (Å²) in [6, 6.07) is 0. The smallest absolute Gasteiger partial charge is 0.302 e. The van der Waals surface area contributed by atoms with E-state index in [0.717, 1.165) is 17.5 Å². The van der Waals surface area contributed by atoms with Crippen LogP contribution >= 0.6 is 11.3 Å². The van der Waals surface area contributed by atoms with E-state index in [9.17, 15) is 14.9 Å². The Morgan fingerprint density at radius 2 is 2.21 bits per heavy atom. The fourth-order valence-electron chi connectivity index (χ4n) is 1.98. The molecule has 0 aliphatic carbocycles.